The highest BCUT2D eigenvalue weighted by atomic mass is 35.5. The lowest BCUT2D eigenvalue weighted by atomic mass is 10.2. The second-order valence-corrected chi connectivity index (χ2v) is 5.36. The van der Waals surface area contributed by atoms with Crippen molar-refractivity contribution in [2.45, 2.75) is 18.8 Å². The zero-order chi connectivity index (χ0) is 13.4. The summed E-state index contributed by atoms with van der Waals surface area (Å²) in [5.41, 5.74) is 1.86. The summed E-state index contributed by atoms with van der Waals surface area (Å²) in [7, 11) is 1.59. The fraction of sp³-hybridized carbons (Fsp3) is 0.286. The molecule has 0 N–H and O–H groups in total. The molecule has 3 rings (SSSR count). The minimum atomic E-state index is 0.471. The van der Waals surface area contributed by atoms with E-state index in [1.54, 1.807) is 19.2 Å². The van der Waals surface area contributed by atoms with Gasteiger partial charge >= 0.3 is 0 Å². The molecule has 0 bridgehead atoms. The lowest BCUT2D eigenvalue weighted by Gasteiger charge is -2.07. The summed E-state index contributed by atoms with van der Waals surface area (Å²) < 4.78 is 5.13. The van der Waals surface area contributed by atoms with Crippen LogP contribution in [0.2, 0.25) is 10.2 Å². The molecule has 1 aliphatic rings. The first kappa shape index (κ1) is 12.7. The van der Waals surface area contributed by atoms with Gasteiger partial charge in [0.05, 0.1) is 12.1 Å². The molecular weight excluding hydrogens is 283 g/mol. The molecule has 19 heavy (non-hydrogen) atoms. The van der Waals surface area contributed by atoms with Crippen LogP contribution in [-0.4, -0.2) is 17.1 Å². The fourth-order valence-corrected chi connectivity index (χ4v) is 2.41. The van der Waals surface area contributed by atoms with Gasteiger partial charge in [-0.2, -0.15) is 0 Å². The molecule has 1 heterocycles. The zero-order valence-corrected chi connectivity index (χ0v) is 11.9. The molecule has 1 aliphatic carbocycles. The molecule has 2 aromatic rings. The average Bonchev–Trinajstić information content (AvgIpc) is 3.22. The van der Waals surface area contributed by atoms with Gasteiger partial charge < -0.3 is 4.74 Å². The number of hydrogen-bond acceptors (Lipinski definition) is 3. The van der Waals surface area contributed by atoms with Gasteiger partial charge in [0.2, 0.25) is 0 Å². The summed E-state index contributed by atoms with van der Waals surface area (Å²) in [6.45, 7) is 0. The lowest BCUT2D eigenvalue weighted by Crippen LogP contribution is -1.95. The van der Waals surface area contributed by atoms with E-state index in [9.17, 15) is 0 Å². The Morgan fingerprint density at radius 3 is 2.58 bits per heavy atom. The molecule has 0 amide bonds. The molecule has 0 unspecified atom stereocenters. The van der Waals surface area contributed by atoms with Crippen molar-refractivity contribution in [1.29, 1.82) is 0 Å². The van der Waals surface area contributed by atoms with E-state index in [0.717, 1.165) is 11.3 Å². The molecule has 0 spiro atoms. The Balaban J connectivity index is 2.03. The maximum atomic E-state index is 6.12. The normalized spacial score (nSPS) is 14.5. The molecule has 0 radical (unpaired) electrons. The van der Waals surface area contributed by atoms with Crippen LogP contribution in [-0.2, 0) is 0 Å². The van der Waals surface area contributed by atoms with Crippen LogP contribution in [0.1, 0.15) is 24.5 Å². The van der Waals surface area contributed by atoms with Crippen molar-refractivity contribution in [1.82, 2.24) is 9.97 Å². The number of ether oxygens (including phenoxy) is 1. The Labute approximate surface area is 121 Å². The van der Waals surface area contributed by atoms with Crippen molar-refractivity contribution in [3.05, 3.63) is 40.1 Å². The van der Waals surface area contributed by atoms with Gasteiger partial charge in [-0.05, 0) is 37.1 Å². The summed E-state index contributed by atoms with van der Waals surface area (Å²) in [5.74, 6) is 1.78. The first-order chi connectivity index (χ1) is 9.17. The van der Waals surface area contributed by atoms with E-state index >= 15 is 0 Å². The van der Waals surface area contributed by atoms with Crippen LogP contribution in [0.5, 0.6) is 5.75 Å². The van der Waals surface area contributed by atoms with E-state index in [0.29, 0.717) is 27.7 Å². The van der Waals surface area contributed by atoms with E-state index in [1.807, 2.05) is 12.1 Å². The molecule has 0 aliphatic heterocycles. The van der Waals surface area contributed by atoms with Crippen molar-refractivity contribution >= 4 is 23.2 Å². The van der Waals surface area contributed by atoms with Crippen LogP contribution in [0, 0.1) is 0 Å². The summed E-state index contributed by atoms with van der Waals surface area (Å²) in [6, 6.07) is 7.32. The number of nitrogens with zero attached hydrogens (tertiary/aromatic N) is 2. The maximum absolute atomic E-state index is 6.12. The van der Waals surface area contributed by atoms with Crippen molar-refractivity contribution in [3.63, 3.8) is 0 Å². The largest absolute Gasteiger partial charge is 0.495 e. The molecule has 1 saturated carbocycles. The van der Waals surface area contributed by atoms with Gasteiger partial charge in [-0.3, -0.25) is 0 Å². The minimum absolute atomic E-state index is 0.471. The van der Waals surface area contributed by atoms with E-state index in [1.165, 1.54) is 12.8 Å². The predicted molar refractivity (Wildman–Crippen MR) is 76.0 cm³/mol. The second kappa shape index (κ2) is 4.99. The third kappa shape index (κ3) is 2.67. The molecule has 1 aromatic heterocycles. The minimum Gasteiger partial charge on any atom is -0.495 e. The third-order valence-corrected chi connectivity index (χ3v) is 3.61. The predicted octanol–water partition coefficient (Wildman–Crippen LogP) is 4.34. The number of benzene rings is 1. The van der Waals surface area contributed by atoms with Gasteiger partial charge in [-0.25, -0.2) is 9.97 Å². The molecular formula is C14H12Cl2N2O. The summed E-state index contributed by atoms with van der Waals surface area (Å²) in [4.78, 5) is 8.83. The molecule has 0 saturated heterocycles. The van der Waals surface area contributed by atoms with Gasteiger partial charge in [-0.15, -0.1) is 0 Å². The standard InChI is InChI=1S/C14H12Cl2N2O/c1-19-12-5-4-9(6-10(12)15)14-17-11(8-2-3-8)7-13(16)18-14/h4-8H,2-3H2,1H3. The first-order valence-corrected chi connectivity index (χ1v) is 6.81. The Morgan fingerprint density at radius 1 is 1.16 bits per heavy atom. The van der Waals surface area contributed by atoms with Crippen LogP contribution < -0.4 is 4.74 Å². The van der Waals surface area contributed by atoms with Crippen LogP contribution in [0.4, 0.5) is 0 Å². The smallest absolute Gasteiger partial charge is 0.161 e. The molecule has 3 nitrogen and oxygen atoms in total. The molecule has 98 valence electrons. The summed E-state index contributed by atoms with van der Waals surface area (Å²) >= 11 is 12.2. The number of aromatic nitrogens is 2. The molecule has 0 atom stereocenters. The van der Waals surface area contributed by atoms with Crippen LogP contribution in [0.3, 0.4) is 0 Å². The summed E-state index contributed by atoms with van der Waals surface area (Å²) in [6.07, 6.45) is 2.35. The fourth-order valence-electron chi connectivity index (χ4n) is 1.96. The first-order valence-electron chi connectivity index (χ1n) is 6.06. The maximum Gasteiger partial charge on any atom is 0.161 e. The van der Waals surface area contributed by atoms with E-state index in [-0.39, 0.29) is 0 Å². The van der Waals surface area contributed by atoms with Gasteiger partial charge in [-0.1, -0.05) is 23.2 Å². The topological polar surface area (TPSA) is 35.0 Å². The number of methoxy groups -OCH3 is 1. The monoisotopic (exact) mass is 294 g/mol. The van der Waals surface area contributed by atoms with Crippen molar-refractivity contribution < 1.29 is 4.74 Å². The Hall–Kier alpha value is -1.32. The molecule has 1 aromatic carbocycles. The molecule has 1 fully saturated rings. The SMILES string of the molecule is COc1ccc(-c2nc(Cl)cc(C3CC3)n2)cc1Cl. The van der Waals surface area contributed by atoms with Crippen molar-refractivity contribution in [2.75, 3.05) is 7.11 Å². The second-order valence-electron chi connectivity index (χ2n) is 4.56. The number of rotatable bonds is 3. The average molecular weight is 295 g/mol. The van der Waals surface area contributed by atoms with Gasteiger partial charge in [0.15, 0.2) is 5.82 Å². The third-order valence-electron chi connectivity index (χ3n) is 3.12. The molecule has 5 heteroatoms. The quantitative estimate of drug-likeness (QED) is 0.790. The van der Waals surface area contributed by atoms with E-state index in [2.05, 4.69) is 9.97 Å². The van der Waals surface area contributed by atoms with E-state index < -0.39 is 0 Å². The van der Waals surface area contributed by atoms with Crippen molar-refractivity contribution in [3.8, 4) is 17.1 Å². The highest BCUT2D eigenvalue weighted by molar-refractivity contribution is 6.32. The number of halogens is 2. The lowest BCUT2D eigenvalue weighted by molar-refractivity contribution is 0.415. The van der Waals surface area contributed by atoms with Gasteiger partial charge in [0, 0.05) is 17.2 Å². The van der Waals surface area contributed by atoms with E-state index in [4.69, 9.17) is 27.9 Å². The van der Waals surface area contributed by atoms with Gasteiger partial charge in [0.1, 0.15) is 10.9 Å². The highest BCUT2D eigenvalue weighted by Crippen LogP contribution is 2.40. The van der Waals surface area contributed by atoms with Crippen LogP contribution >= 0.6 is 23.2 Å². The van der Waals surface area contributed by atoms with Crippen molar-refractivity contribution in [2.24, 2.45) is 0 Å². The Morgan fingerprint density at radius 2 is 1.95 bits per heavy atom. The van der Waals surface area contributed by atoms with Crippen LogP contribution in [0.25, 0.3) is 11.4 Å². The highest BCUT2D eigenvalue weighted by Gasteiger charge is 2.26. The van der Waals surface area contributed by atoms with Crippen LogP contribution in [0.15, 0.2) is 24.3 Å². The number of hydrogen-bond donors (Lipinski definition) is 0. The Kier molecular flexibility index (Phi) is 3.33. The summed E-state index contributed by atoms with van der Waals surface area (Å²) in [5, 5.41) is 1.01. The zero-order valence-electron chi connectivity index (χ0n) is 10.4. The Bertz CT molecular complexity index is 627. The van der Waals surface area contributed by atoms with Gasteiger partial charge in [0.25, 0.3) is 0 Å².